The molecule has 0 amide bonds. The van der Waals surface area contributed by atoms with Crippen LogP contribution in [-0.2, 0) is 9.53 Å². The Morgan fingerprint density at radius 2 is 2.06 bits per heavy atom. The van der Waals surface area contributed by atoms with E-state index in [1.807, 2.05) is 14.1 Å². The number of ether oxygens (including phenoxy) is 1. The zero-order valence-electron chi connectivity index (χ0n) is 12.5. The fourth-order valence-electron chi connectivity index (χ4n) is 2.74. The molecule has 0 aromatic carbocycles. The first-order valence-electron chi connectivity index (χ1n) is 6.89. The topological polar surface area (TPSA) is 41.6 Å². The molecule has 4 nitrogen and oxygen atoms in total. The van der Waals surface area contributed by atoms with Crippen LogP contribution in [-0.4, -0.2) is 50.7 Å². The largest absolute Gasteiger partial charge is 0.468 e. The molecular weight excluding hydrogens is 228 g/mol. The number of carbonyl (C=O) groups is 1. The number of esters is 1. The molecule has 3 atom stereocenters. The number of hydrogen-bond acceptors (Lipinski definition) is 4. The highest BCUT2D eigenvalue weighted by molar-refractivity contribution is 5.81. The minimum atomic E-state index is -0.462. The summed E-state index contributed by atoms with van der Waals surface area (Å²) in [5, 5.41) is 3.45. The highest BCUT2D eigenvalue weighted by Gasteiger charge is 2.44. The summed E-state index contributed by atoms with van der Waals surface area (Å²) >= 11 is 0. The van der Waals surface area contributed by atoms with Gasteiger partial charge < -0.3 is 15.0 Å². The second kappa shape index (κ2) is 6.53. The van der Waals surface area contributed by atoms with Crippen LogP contribution < -0.4 is 5.32 Å². The van der Waals surface area contributed by atoms with Gasteiger partial charge in [-0.25, -0.2) is 0 Å². The van der Waals surface area contributed by atoms with Crippen molar-refractivity contribution in [2.75, 3.05) is 34.3 Å². The van der Waals surface area contributed by atoms with E-state index in [4.69, 9.17) is 4.74 Å². The maximum absolute atomic E-state index is 12.1. The lowest BCUT2D eigenvalue weighted by molar-refractivity contribution is -0.151. The number of carbonyl (C=O) groups excluding carboxylic acids is 1. The van der Waals surface area contributed by atoms with Gasteiger partial charge in [0.1, 0.15) is 5.54 Å². The average Bonchev–Trinajstić information content (AvgIpc) is 2.32. The lowest BCUT2D eigenvalue weighted by Gasteiger charge is -2.41. The highest BCUT2D eigenvalue weighted by Crippen LogP contribution is 2.36. The molecule has 0 spiro atoms. The van der Waals surface area contributed by atoms with Crippen LogP contribution in [0.2, 0.25) is 0 Å². The Morgan fingerprint density at radius 3 is 2.56 bits per heavy atom. The average molecular weight is 256 g/mol. The number of nitrogens with zero attached hydrogens (tertiary/aromatic N) is 1. The maximum Gasteiger partial charge on any atom is 0.326 e. The van der Waals surface area contributed by atoms with Crippen molar-refractivity contribution in [3.8, 4) is 0 Å². The second-order valence-corrected chi connectivity index (χ2v) is 6.00. The predicted octanol–water partition coefficient (Wildman–Crippen LogP) is 1.51. The third-order valence-corrected chi connectivity index (χ3v) is 4.27. The summed E-state index contributed by atoms with van der Waals surface area (Å²) in [5.41, 5.74) is -0.462. The Kier molecular flexibility index (Phi) is 5.60. The van der Waals surface area contributed by atoms with Gasteiger partial charge in [-0.3, -0.25) is 4.79 Å². The Morgan fingerprint density at radius 1 is 1.39 bits per heavy atom. The second-order valence-electron chi connectivity index (χ2n) is 6.00. The molecule has 0 saturated heterocycles. The van der Waals surface area contributed by atoms with Crippen LogP contribution in [0.3, 0.4) is 0 Å². The van der Waals surface area contributed by atoms with Crippen molar-refractivity contribution in [1.29, 1.82) is 0 Å². The van der Waals surface area contributed by atoms with Gasteiger partial charge in [0, 0.05) is 13.1 Å². The first kappa shape index (κ1) is 15.4. The van der Waals surface area contributed by atoms with E-state index in [9.17, 15) is 4.79 Å². The van der Waals surface area contributed by atoms with Crippen LogP contribution in [0.1, 0.15) is 33.1 Å². The van der Waals surface area contributed by atoms with E-state index in [0.717, 1.165) is 32.4 Å². The molecule has 1 N–H and O–H groups in total. The molecule has 18 heavy (non-hydrogen) atoms. The van der Waals surface area contributed by atoms with Crippen molar-refractivity contribution >= 4 is 5.97 Å². The SMILES string of the molecule is COC(=O)C1(NCCN(C)C)CCC(C)C(C)C1. The van der Waals surface area contributed by atoms with Crippen LogP contribution in [0.25, 0.3) is 0 Å². The molecule has 1 fully saturated rings. The van der Waals surface area contributed by atoms with Gasteiger partial charge >= 0.3 is 5.97 Å². The number of likely N-dealkylation sites (N-methyl/N-ethyl adjacent to an activating group) is 1. The summed E-state index contributed by atoms with van der Waals surface area (Å²) in [6, 6.07) is 0. The van der Waals surface area contributed by atoms with Crippen molar-refractivity contribution in [1.82, 2.24) is 10.2 Å². The predicted molar refractivity (Wildman–Crippen MR) is 73.5 cm³/mol. The molecule has 4 heteroatoms. The molecule has 0 aromatic rings. The highest BCUT2D eigenvalue weighted by atomic mass is 16.5. The molecule has 0 bridgehead atoms. The normalized spacial score (nSPS) is 32.6. The zero-order valence-corrected chi connectivity index (χ0v) is 12.5. The molecule has 1 aliphatic carbocycles. The van der Waals surface area contributed by atoms with Crippen LogP contribution in [0.5, 0.6) is 0 Å². The molecule has 0 aliphatic heterocycles. The fraction of sp³-hybridized carbons (Fsp3) is 0.929. The molecule has 3 unspecified atom stereocenters. The summed E-state index contributed by atoms with van der Waals surface area (Å²) in [4.78, 5) is 14.2. The van der Waals surface area contributed by atoms with Gasteiger partial charge in [0.2, 0.25) is 0 Å². The van der Waals surface area contributed by atoms with Gasteiger partial charge in [0.05, 0.1) is 7.11 Å². The number of methoxy groups -OCH3 is 1. The third kappa shape index (κ3) is 3.69. The summed E-state index contributed by atoms with van der Waals surface area (Å²) in [7, 11) is 5.57. The first-order chi connectivity index (χ1) is 8.41. The zero-order chi connectivity index (χ0) is 13.8. The molecule has 1 aliphatic rings. The lowest BCUT2D eigenvalue weighted by atomic mass is 9.71. The Balaban J connectivity index is 2.67. The molecule has 0 aromatic heterocycles. The number of nitrogens with one attached hydrogen (secondary N) is 1. The van der Waals surface area contributed by atoms with Crippen molar-refractivity contribution in [2.45, 2.75) is 38.6 Å². The Labute approximate surface area is 111 Å². The first-order valence-corrected chi connectivity index (χ1v) is 6.89. The summed E-state index contributed by atoms with van der Waals surface area (Å²) in [5.74, 6) is 1.16. The summed E-state index contributed by atoms with van der Waals surface area (Å²) in [6.07, 6.45) is 2.86. The van der Waals surface area contributed by atoms with Gasteiger partial charge in [-0.05, 0) is 45.2 Å². The van der Waals surface area contributed by atoms with Crippen molar-refractivity contribution in [2.24, 2.45) is 11.8 Å². The van der Waals surface area contributed by atoms with E-state index in [1.165, 1.54) is 7.11 Å². The van der Waals surface area contributed by atoms with Crippen LogP contribution >= 0.6 is 0 Å². The van der Waals surface area contributed by atoms with Gasteiger partial charge in [-0.1, -0.05) is 13.8 Å². The minimum absolute atomic E-state index is 0.0972. The smallest absolute Gasteiger partial charge is 0.326 e. The van der Waals surface area contributed by atoms with Gasteiger partial charge in [-0.2, -0.15) is 0 Å². The quantitative estimate of drug-likeness (QED) is 0.757. The number of hydrogen-bond donors (Lipinski definition) is 1. The van der Waals surface area contributed by atoms with Crippen LogP contribution in [0.4, 0.5) is 0 Å². The third-order valence-electron chi connectivity index (χ3n) is 4.27. The van der Waals surface area contributed by atoms with E-state index < -0.39 is 5.54 Å². The Hall–Kier alpha value is -0.610. The number of rotatable bonds is 5. The molecule has 0 radical (unpaired) electrons. The van der Waals surface area contributed by atoms with Crippen LogP contribution in [0.15, 0.2) is 0 Å². The van der Waals surface area contributed by atoms with E-state index in [0.29, 0.717) is 11.8 Å². The van der Waals surface area contributed by atoms with E-state index in [1.54, 1.807) is 0 Å². The van der Waals surface area contributed by atoms with Gasteiger partial charge in [-0.15, -0.1) is 0 Å². The maximum atomic E-state index is 12.1. The van der Waals surface area contributed by atoms with Crippen molar-refractivity contribution in [3.05, 3.63) is 0 Å². The van der Waals surface area contributed by atoms with Gasteiger partial charge in [0.15, 0.2) is 0 Å². The van der Waals surface area contributed by atoms with E-state index in [-0.39, 0.29) is 5.97 Å². The summed E-state index contributed by atoms with van der Waals surface area (Å²) in [6.45, 7) is 6.26. The molecule has 1 saturated carbocycles. The molecule has 0 heterocycles. The Bertz CT molecular complexity index is 281. The summed E-state index contributed by atoms with van der Waals surface area (Å²) < 4.78 is 5.02. The van der Waals surface area contributed by atoms with E-state index in [2.05, 4.69) is 24.1 Å². The molecule has 1 rings (SSSR count). The molecular formula is C14H28N2O2. The molecule has 106 valence electrons. The van der Waals surface area contributed by atoms with Gasteiger partial charge in [0.25, 0.3) is 0 Å². The minimum Gasteiger partial charge on any atom is -0.468 e. The monoisotopic (exact) mass is 256 g/mol. The van der Waals surface area contributed by atoms with Crippen molar-refractivity contribution in [3.63, 3.8) is 0 Å². The lowest BCUT2D eigenvalue weighted by Crippen LogP contribution is -2.57. The van der Waals surface area contributed by atoms with E-state index >= 15 is 0 Å². The van der Waals surface area contributed by atoms with Crippen molar-refractivity contribution < 1.29 is 9.53 Å². The standard InChI is InChI=1S/C14H28N2O2/c1-11-6-7-14(10-12(11)2,13(17)18-5)15-8-9-16(3)4/h11-12,15H,6-10H2,1-5H3. The fourth-order valence-corrected chi connectivity index (χ4v) is 2.74. The van der Waals surface area contributed by atoms with Crippen LogP contribution in [0, 0.1) is 11.8 Å².